The van der Waals surface area contributed by atoms with E-state index in [9.17, 15) is 4.79 Å². The highest BCUT2D eigenvalue weighted by Gasteiger charge is 2.10. The van der Waals surface area contributed by atoms with Crippen LogP contribution in [0.4, 0.5) is 5.69 Å². The molecule has 0 radical (unpaired) electrons. The zero-order valence-corrected chi connectivity index (χ0v) is 13.1. The smallest absolute Gasteiger partial charge is 0.283 e. The lowest BCUT2D eigenvalue weighted by molar-refractivity contribution is 0.501. The predicted molar refractivity (Wildman–Crippen MR) is 82.6 cm³/mol. The Morgan fingerprint density at radius 3 is 3.00 bits per heavy atom. The highest BCUT2D eigenvalue weighted by atomic mass is 79.9. The number of aromatic nitrogens is 2. The van der Waals surface area contributed by atoms with Gasteiger partial charge < -0.3 is 5.32 Å². The fourth-order valence-corrected chi connectivity index (χ4v) is 2.36. The van der Waals surface area contributed by atoms with Crippen LogP contribution in [0.1, 0.15) is 19.9 Å². The Morgan fingerprint density at radius 2 is 2.39 bits per heavy atom. The van der Waals surface area contributed by atoms with Gasteiger partial charge in [-0.1, -0.05) is 6.08 Å². The van der Waals surface area contributed by atoms with Crippen molar-refractivity contribution < 1.29 is 0 Å². The van der Waals surface area contributed by atoms with Gasteiger partial charge in [-0.05, 0) is 29.8 Å². The molecule has 1 heterocycles. The van der Waals surface area contributed by atoms with Gasteiger partial charge in [0.1, 0.15) is 4.47 Å². The van der Waals surface area contributed by atoms with Crippen molar-refractivity contribution in [2.24, 2.45) is 0 Å². The van der Waals surface area contributed by atoms with E-state index in [1.165, 1.54) is 4.68 Å². The molecular weight excluding hydrogens is 314 g/mol. The van der Waals surface area contributed by atoms with E-state index in [2.05, 4.69) is 32.9 Å². The van der Waals surface area contributed by atoms with E-state index in [4.69, 9.17) is 0 Å². The first kappa shape index (κ1) is 15.3. The lowest BCUT2D eigenvalue weighted by Gasteiger charge is -2.12. The lowest BCUT2D eigenvalue weighted by Crippen LogP contribution is -2.26. The van der Waals surface area contributed by atoms with Crippen LogP contribution in [0.5, 0.6) is 0 Å². The van der Waals surface area contributed by atoms with Crippen LogP contribution in [0.15, 0.2) is 28.1 Å². The van der Waals surface area contributed by atoms with Crippen LogP contribution in [-0.4, -0.2) is 27.8 Å². The summed E-state index contributed by atoms with van der Waals surface area (Å²) in [5, 5.41) is 7.34. The first-order valence-electron chi connectivity index (χ1n) is 5.77. The third kappa shape index (κ3) is 4.17. The second-order valence-corrected chi connectivity index (χ2v) is 5.95. The molecule has 1 aromatic rings. The van der Waals surface area contributed by atoms with Gasteiger partial charge in [-0.2, -0.15) is 16.9 Å². The molecule has 1 N–H and O–H groups in total. The highest BCUT2D eigenvalue weighted by molar-refractivity contribution is 9.10. The van der Waals surface area contributed by atoms with Gasteiger partial charge in [0.25, 0.3) is 5.56 Å². The van der Waals surface area contributed by atoms with E-state index in [0.29, 0.717) is 4.47 Å². The summed E-state index contributed by atoms with van der Waals surface area (Å²) in [6.07, 6.45) is 3.57. The highest BCUT2D eigenvalue weighted by Crippen LogP contribution is 2.17. The molecule has 4 nitrogen and oxygen atoms in total. The van der Waals surface area contributed by atoms with Crippen molar-refractivity contribution in [3.63, 3.8) is 0 Å². The average Bonchev–Trinajstić information content (AvgIpc) is 2.33. The second kappa shape index (κ2) is 7.63. The Bertz CT molecular complexity index is 459. The molecule has 0 spiro atoms. The number of thioether (sulfide) groups is 1. The predicted octanol–water partition coefficient (Wildman–Crippen LogP) is 2.92. The van der Waals surface area contributed by atoms with E-state index in [1.54, 1.807) is 18.0 Å². The lowest BCUT2D eigenvalue weighted by atomic mass is 10.4. The number of halogens is 1. The summed E-state index contributed by atoms with van der Waals surface area (Å²) < 4.78 is 2.00. The van der Waals surface area contributed by atoms with Crippen LogP contribution < -0.4 is 10.9 Å². The van der Waals surface area contributed by atoms with Gasteiger partial charge in [0.2, 0.25) is 0 Å². The van der Waals surface area contributed by atoms with Crippen LogP contribution in [0.3, 0.4) is 0 Å². The quantitative estimate of drug-likeness (QED) is 0.616. The second-order valence-electron chi connectivity index (χ2n) is 4.01. The van der Waals surface area contributed by atoms with Gasteiger partial charge in [0.05, 0.1) is 17.9 Å². The maximum Gasteiger partial charge on any atom is 0.283 e. The summed E-state index contributed by atoms with van der Waals surface area (Å²) in [6, 6.07) is 0.0611. The van der Waals surface area contributed by atoms with E-state index in [1.807, 2.05) is 19.9 Å². The number of hydrogen-bond acceptors (Lipinski definition) is 4. The molecule has 0 amide bonds. The van der Waals surface area contributed by atoms with Crippen LogP contribution in [-0.2, 0) is 0 Å². The summed E-state index contributed by atoms with van der Waals surface area (Å²) >= 11 is 5.11. The zero-order valence-electron chi connectivity index (χ0n) is 10.6. The minimum Gasteiger partial charge on any atom is -0.382 e. The molecule has 0 aromatic carbocycles. The Balaban J connectivity index is 2.65. The van der Waals surface area contributed by atoms with Crippen molar-refractivity contribution in [2.45, 2.75) is 19.9 Å². The van der Waals surface area contributed by atoms with Crippen molar-refractivity contribution in [3.8, 4) is 0 Å². The molecule has 0 aliphatic rings. The fraction of sp³-hybridized carbons (Fsp3) is 0.500. The van der Waals surface area contributed by atoms with Crippen molar-refractivity contribution >= 4 is 33.4 Å². The minimum absolute atomic E-state index is 0.0611. The number of hydrogen-bond donors (Lipinski definition) is 1. The van der Waals surface area contributed by atoms with Gasteiger partial charge in [-0.15, -0.1) is 6.58 Å². The Hall–Kier alpha value is -0.750. The SMILES string of the molecule is C=CCSCCNc1cnn(C(C)C)c(=O)c1Br. The van der Waals surface area contributed by atoms with Crippen LogP contribution in [0.25, 0.3) is 0 Å². The largest absolute Gasteiger partial charge is 0.382 e. The topological polar surface area (TPSA) is 46.9 Å². The maximum absolute atomic E-state index is 12.0. The fourth-order valence-electron chi connectivity index (χ4n) is 1.36. The minimum atomic E-state index is -0.103. The molecule has 100 valence electrons. The molecule has 0 saturated heterocycles. The van der Waals surface area contributed by atoms with Crippen LogP contribution in [0, 0.1) is 0 Å². The van der Waals surface area contributed by atoms with Crippen LogP contribution in [0.2, 0.25) is 0 Å². The van der Waals surface area contributed by atoms with E-state index < -0.39 is 0 Å². The number of nitrogens with zero attached hydrogens (tertiary/aromatic N) is 2. The zero-order chi connectivity index (χ0) is 13.5. The molecular formula is C12H18BrN3OS. The van der Waals surface area contributed by atoms with E-state index in [0.717, 1.165) is 23.7 Å². The molecule has 0 atom stereocenters. The molecule has 0 aliphatic heterocycles. The van der Waals surface area contributed by atoms with Crippen molar-refractivity contribution in [2.75, 3.05) is 23.4 Å². The van der Waals surface area contributed by atoms with Gasteiger partial charge in [-0.3, -0.25) is 4.79 Å². The third-order valence-corrected chi connectivity index (χ3v) is 3.96. The Kier molecular flexibility index (Phi) is 6.49. The average molecular weight is 332 g/mol. The summed E-state index contributed by atoms with van der Waals surface area (Å²) in [5.74, 6) is 1.90. The first-order chi connectivity index (χ1) is 8.57. The molecule has 0 bridgehead atoms. The van der Waals surface area contributed by atoms with E-state index >= 15 is 0 Å². The standard InChI is InChI=1S/C12H18BrN3OS/c1-4-6-18-7-5-14-10-8-15-16(9(2)3)12(17)11(10)13/h4,8-9,14H,1,5-7H2,2-3H3. The van der Waals surface area contributed by atoms with Gasteiger partial charge >= 0.3 is 0 Å². The van der Waals surface area contributed by atoms with Crippen molar-refractivity contribution in [1.29, 1.82) is 0 Å². The molecule has 1 rings (SSSR count). The van der Waals surface area contributed by atoms with Gasteiger partial charge in [-0.25, -0.2) is 4.68 Å². The van der Waals surface area contributed by atoms with Crippen LogP contribution >= 0.6 is 27.7 Å². The normalized spacial score (nSPS) is 10.7. The van der Waals surface area contributed by atoms with Crippen molar-refractivity contribution in [3.05, 3.63) is 33.7 Å². The number of anilines is 1. The summed E-state index contributed by atoms with van der Waals surface area (Å²) in [6.45, 7) is 8.32. The number of nitrogens with one attached hydrogen (secondary N) is 1. The Labute approximate surface area is 120 Å². The van der Waals surface area contributed by atoms with Gasteiger partial charge in [0.15, 0.2) is 0 Å². The summed E-state index contributed by atoms with van der Waals surface area (Å²) in [5.41, 5.74) is 0.643. The summed E-state index contributed by atoms with van der Waals surface area (Å²) in [7, 11) is 0. The molecule has 0 saturated carbocycles. The van der Waals surface area contributed by atoms with Crippen molar-refractivity contribution in [1.82, 2.24) is 9.78 Å². The molecule has 0 fully saturated rings. The molecule has 1 aromatic heterocycles. The molecule has 6 heteroatoms. The first-order valence-corrected chi connectivity index (χ1v) is 7.72. The van der Waals surface area contributed by atoms with Gasteiger partial charge in [0, 0.05) is 18.1 Å². The molecule has 0 aliphatic carbocycles. The van der Waals surface area contributed by atoms with E-state index in [-0.39, 0.29) is 11.6 Å². The molecule has 0 unspecified atom stereocenters. The summed E-state index contributed by atoms with van der Waals surface area (Å²) in [4.78, 5) is 12.0. The monoisotopic (exact) mass is 331 g/mol. The molecule has 18 heavy (non-hydrogen) atoms. The Morgan fingerprint density at radius 1 is 1.67 bits per heavy atom. The number of rotatable bonds is 7. The third-order valence-electron chi connectivity index (χ3n) is 2.23. The maximum atomic E-state index is 12.0.